The summed E-state index contributed by atoms with van der Waals surface area (Å²) in [7, 11) is 1.26. The number of aliphatic hydroxyl groups is 1. The smallest absolute Gasteiger partial charge is 0.337 e. The normalized spacial score (nSPS) is 15.8. The van der Waals surface area contributed by atoms with Gasteiger partial charge in [-0.05, 0) is 56.2 Å². The van der Waals surface area contributed by atoms with Crippen molar-refractivity contribution < 1.29 is 38.7 Å². The second-order valence-electron chi connectivity index (χ2n) is 8.20. The molecule has 0 saturated heterocycles. The molecule has 13 heteroatoms. The van der Waals surface area contributed by atoms with E-state index in [-0.39, 0.29) is 28.7 Å². The van der Waals surface area contributed by atoms with Crippen LogP contribution in [0.5, 0.6) is 23.0 Å². The summed E-state index contributed by atoms with van der Waals surface area (Å²) in [6.07, 6.45) is 0.216. The minimum absolute atomic E-state index is 0.103. The lowest BCUT2D eigenvalue weighted by molar-refractivity contribution is -0.136. The Kier molecular flexibility index (Phi) is 10.2. The van der Waals surface area contributed by atoms with Crippen molar-refractivity contribution in [2.24, 2.45) is 5.10 Å². The van der Waals surface area contributed by atoms with E-state index in [1.54, 1.807) is 45.0 Å². The zero-order valence-electron chi connectivity index (χ0n) is 21.9. The fourth-order valence-electron chi connectivity index (χ4n) is 3.75. The van der Waals surface area contributed by atoms with E-state index in [0.717, 1.165) is 0 Å². The maximum Gasteiger partial charge on any atom is 0.337 e. The first-order valence-corrected chi connectivity index (χ1v) is 12.4. The van der Waals surface area contributed by atoms with E-state index < -0.39 is 24.3 Å². The summed E-state index contributed by atoms with van der Waals surface area (Å²) < 4.78 is 21.7. The number of phenolic OH excluding ortho intramolecular Hbond substituents is 1. The van der Waals surface area contributed by atoms with Gasteiger partial charge in [-0.2, -0.15) is 5.10 Å². The van der Waals surface area contributed by atoms with Crippen molar-refractivity contribution in [1.82, 2.24) is 16.1 Å². The lowest BCUT2D eigenvalue weighted by atomic mass is 9.95. The lowest BCUT2D eigenvalue weighted by Crippen LogP contribution is -2.45. The number of nitrogens with zero attached hydrogens (tertiary/aromatic N) is 1. The number of carbonyl (C=O) groups is 2. The molecule has 0 saturated carbocycles. The summed E-state index contributed by atoms with van der Waals surface area (Å²) in [5.41, 5.74) is 4.29. The van der Waals surface area contributed by atoms with Crippen molar-refractivity contribution in [2.75, 3.05) is 26.9 Å². The van der Waals surface area contributed by atoms with E-state index >= 15 is 0 Å². The molecule has 2 amide bonds. The molecule has 0 aliphatic carbocycles. The van der Waals surface area contributed by atoms with Gasteiger partial charge in [0.2, 0.25) is 0 Å². The highest BCUT2D eigenvalue weighted by Gasteiger charge is 2.32. The second kappa shape index (κ2) is 13.6. The summed E-state index contributed by atoms with van der Waals surface area (Å²) in [6, 6.07) is 6.76. The van der Waals surface area contributed by atoms with E-state index in [4.69, 9.17) is 30.5 Å². The molecular formula is C26H31ClN4O8. The predicted octanol–water partition coefficient (Wildman–Crippen LogP) is 2.96. The Morgan fingerprint density at radius 3 is 2.56 bits per heavy atom. The van der Waals surface area contributed by atoms with Crippen LogP contribution < -0.4 is 30.3 Å². The van der Waals surface area contributed by atoms with Crippen LogP contribution >= 0.6 is 11.6 Å². The van der Waals surface area contributed by atoms with Gasteiger partial charge in [0.25, 0.3) is 0 Å². The molecule has 0 aromatic heterocycles. The fraction of sp³-hybridized carbons (Fsp3) is 0.346. The number of hydrogen-bond acceptors (Lipinski definition) is 10. The number of allylic oxidation sites excluding steroid dienone is 1. The summed E-state index contributed by atoms with van der Waals surface area (Å²) in [4.78, 5) is 24.5. The van der Waals surface area contributed by atoms with Crippen LogP contribution in [0.1, 0.15) is 37.9 Å². The predicted molar refractivity (Wildman–Crippen MR) is 143 cm³/mol. The van der Waals surface area contributed by atoms with Crippen LogP contribution in [0.25, 0.3) is 0 Å². The van der Waals surface area contributed by atoms with Gasteiger partial charge in [-0.1, -0.05) is 17.7 Å². The van der Waals surface area contributed by atoms with Crippen LogP contribution in [0, 0.1) is 0 Å². The van der Waals surface area contributed by atoms with Gasteiger partial charge >= 0.3 is 12.0 Å². The highest BCUT2D eigenvalue weighted by atomic mass is 35.5. The Bertz CT molecular complexity index is 1270. The van der Waals surface area contributed by atoms with Crippen molar-refractivity contribution in [1.29, 1.82) is 0 Å². The SMILES string of the molecule is CCOc1cc([C@H]2NC(=O)NC(C)=C2C(=O)OC)ccc1OC[C@@H](O)N/N=C\c1cc(Cl)c(O)c(OCC)c1. The third-order valence-electron chi connectivity index (χ3n) is 5.46. The van der Waals surface area contributed by atoms with Gasteiger partial charge in [0.1, 0.15) is 6.61 Å². The third kappa shape index (κ3) is 7.45. The van der Waals surface area contributed by atoms with E-state index in [1.165, 1.54) is 19.4 Å². The highest BCUT2D eigenvalue weighted by Crippen LogP contribution is 2.36. The number of hydrogen-bond donors (Lipinski definition) is 5. The maximum atomic E-state index is 12.4. The number of halogens is 1. The Labute approximate surface area is 230 Å². The van der Waals surface area contributed by atoms with Gasteiger partial charge in [0.15, 0.2) is 29.2 Å². The molecule has 0 spiro atoms. The Morgan fingerprint density at radius 1 is 1.15 bits per heavy atom. The lowest BCUT2D eigenvalue weighted by Gasteiger charge is -2.28. The molecule has 0 radical (unpaired) electrons. The summed E-state index contributed by atoms with van der Waals surface area (Å²) >= 11 is 6.02. The molecule has 210 valence electrons. The zero-order chi connectivity index (χ0) is 28.5. The number of phenols is 1. The third-order valence-corrected chi connectivity index (χ3v) is 5.75. The Morgan fingerprint density at radius 2 is 1.87 bits per heavy atom. The molecule has 12 nitrogen and oxygen atoms in total. The molecule has 39 heavy (non-hydrogen) atoms. The number of aliphatic hydroxyl groups excluding tert-OH is 1. The number of amides is 2. The van der Waals surface area contributed by atoms with E-state index in [0.29, 0.717) is 41.5 Å². The van der Waals surface area contributed by atoms with Gasteiger partial charge in [-0.15, -0.1) is 0 Å². The van der Waals surface area contributed by atoms with Crippen LogP contribution in [0.3, 0.4) is 0 Å². The first-order valence-electron chi connectivity index (χ1n) is 12.1. The quantitative estimate of drug-likeness (QED) is 0.113. The first-order chi connectivity index (χ1) is 18.7. The number of aromatic hydroxyl groups is 1. The van der Waals surface area contributed by atoms with Gasteiger partial charge in [-0.25, -0.2) is 9.59 Å². The van der Waals surface area contributed by atoms with Crippen LogP contribution in [0.15, 0.2) is 46.7 Å². The van der Waals surface area contributed by atoms with Gasteiger partial charge in [-0.3, -0.25) is 5.43 Å². The summed E-state index contributed by atoms with van der Waals surface area (Å²) in [5.74, 6) is 0.154. The second-order valence-corrected chi connectivity index (χ2v) is 8.60. The van der Waals surface area contributed by atoms with Gasteiger partial charge in [0.05, 0.1) is 43.2 Å². The molecule has 1 heterocycles. The number of rotatable bonds is 12. The number of ether oxygens (including phenoxy) is 4. The van der Waals surface area contributed by atoms with Crippen molar-refractivity contribution in [3.63, 3.8) is 0 Å². The number of urea groups is 1. The van der Waals surface area contributed by atoms with Crippen LogP contribution in [0.2, 0.25) is 5.02 Å². The molecule has 1 aliphatic heterocycles. The Hall–Kier alpha value is -4.16. The van der Waals surface area contributed by atoms with Crippen LogP contribution in [-0.2, 0) is 9.53 Å². The van der Waals surface area contributed by atoms with E-state index in [9.17, 15) is 19.8 Å². The largest absolute Gasteiger partial charge is 0.503 e. The molecule has 2 atom stereocenters. The molecule has 1 aliphatic rings. The average Bonchev–Trinajstić information content (AvgIpc) is 2.90. The van der Waals surface area contributed by atoms with Gasteiger partial charge < -0.3 is 39.8 Å². The van der Waals surface area contributed by atoms with E-state index in [1.807, 2.05) is 0 Å². The van der Waals surface area contributed by atoms with Crippen molar-refractivity contribution >= 4 is 29.8 Å². The number of methoxy groups -OCH3 is 1. The highest BCUT2D eigenvalue weighted by molar-refractivity contribution is 6.32. The monoisotopic (exact) mass is 562 g/mol. The minimum atomic E-state index is -1.19. The molecule has 3 rings (SSSR count). The van der Waals surface area contributed by atoms with Crippen LogP contribution in [-0.4, -0.2) is 61.6 Å². The maximum absolute atomic E-state index is 12.4. The fourth-order valence-corrected chi connectivity index (χ4v) is 3.97. The molecule has 0 unspecified atom stereocenters. The molecule has 2 aromatic carbocycles. The van der Waals surface area contributed by atoms with Crippen molar-refractivity contribution in [3.8, 4) is 23.0 Å². The van der Waals surface area contributed by atoms with E-state index in [2.05, 4.69) is 21.2 Å². The molecule has 0 fully saturated rings. The number of nitrogens with one attached hydrogen (secondary N) is 3. The van der Waals surface area contributed by atoms with Crippen molar-refractivity contribution in [3.05, 3.63) is 57.8 Å². The first kappa shape index (κ1) is 29.4. The number of carbonyl (C=O) groups excluding carboxylic acids is 2. The van der Waals surface area contributed by atoms with Gasteiger partial charge in [0, 0.05) is 5.70 Å². The average molecular weight is 563 g/mol. The number of hydrazone groups is 1. The topological polar surface area (TPSA) is 160 Å². The number of benzene rings is 2. The number of esters is 1. The molecular weight excluding hydrogens is 532 g/mol. The summed E-state index contributed by atoms with van der Waals surface area (Å²) in [6.45, 7) is 5.67. The molecule has 0 bridgehead atoms. The summed E-state index contributed by atoms with van der Waals surface area (Å²) in [5, 5.41) is 29.6. The standard InChI is InChI=1S/C26H31ClN4O8/c1-5-37-19-11-16(23-22(25(34)36-4)14(3)29-26(35)30-23)7-8-18(19)39-13-21(32)31-28-12-15-9-17(27)24(33)20(10-15)38-6-2/h7-12,21,23,31-33H,5-6,13H2,1-4H3,(H2,29,30,35)/b28-12-/t21-,23-/m1/s1. The molecule has 5 N–H and O–H groups in total. The molecule has 2 aromatic rings. The van der Waals surface area contributed by atoms with Crippen molar-refractivity contribution in [2.45, 2.75) is 33.0 Å². The minimum Gasteiger partial charge on any atom is -0.503 e. The van der Waals surface area contributed by atoms with Crippen LogP contribution in [0.4, 0.5) is 4.79 Å². The Balaban J connectivity index is 1.70. The zero-order valence-corrected chi connectivity index (χ0v) is 22.7.